The van der Waals surface area contributed by atoms with Crippen LogP contribution in [0.25, 0.3) is 0 Å². The standard InChI is InChI=1S/C15H23N/c1-3-4-13-5-7-14(8-6-13)12(2)15-9-10-16-11-15/h5-8,12,15-16H,3-4,9-11H2,1-2H3. The fourth-order valence-corrected chi connectivity index (χ4v) is 2.65. The normalized spacial score (nSPS) is 22.2. The monoisotopic (exact) mass is 217 g/mol. The Morgan fingerprint density at radius 3 is 2.62 bits per heavy atom. The molecule has 1 heterocycles. The van der Waals surface area contributed by atoms with Gasteiger partial charge in [0.25, 0.3) is 0 Å². The number of hydrogen-bond donors (Lipinski definition) is 1. The van der Waals surface area contributed by atoms with Crippen LogP contribution in [0.2, 0.25) is 0 Å². The molecule has 0 radical (unpaired) electrons. The topological polar surface area (TPSA) is 12.0 Å². The minimum absolute atomic E-state index is 0.700. The quantitative estimate of drug-likeness (QED) is 0.815. The Morgan fingerprint density at radius 1 is 1.31 bits per heavy atom. The first kappa shape index (κ1) is 11.7. The van der Waals surface area contributed by atoms with Crippen LogP contribution in [0, 0.1) is 5.92 Å². The van der Waals surface area contributed by atoms with Crippen LogP contribution in [0.3, 0.4) is 0 Å². The number of nitrogens with one attached hydrogen (secondary N) is 1. The van der Waals surface area contributed by atoms with Crippen molar-refractivity contribution in [2.24, 2.45) is 5.92 Å². The molecular weight excluding hydrogens is 194 g/mol. The maximum Gasteiger partial charge on any atom is -0.00143 e. The van der Waals surface area contributed by atoms with E-state index >= 15 is 0 Å². The third kappa shape index (κ3) is 2.65. The van der Waals surface area contributed by atoms with E-state index in [1.165, 1.54) is 43.5 Å². The molecule has 2 atom stereocenters. The second-order valence-electron chi connectivity index (χ2n) is 5.03. The van der Waals surface area contributed by atoms with E-state index in [4.69, 9.17) is 0 Å². The van der Waals surface area contributed by atoms with Crippen LogP contribution in [-0.4, -0.2) is 13.1 Å². The van der Waals surface area contributed by atoms with Crippen LogP contribution >= 0.6 is 0 Å². The summed E-state index contributed by atoms with van der Waals surface area (Å²) in [5.41, 5.74) is 2.98. The lowest BCUT2D eigenvalue weighted by molar-refractivity contribution is 0.487. The highest BCUT2D eigenvalue weighted by Crippen LogP contribution is 2.28. The average Bonchev–Trinajstić information content (AvgIpc) is 2.83. The summed E-state index contributed by atoms with van der Waals surface area (Å²) in [5.74, 6) is 1.53. The van der Waals surface area contributed by atoms with E-state index in [-0.39, 0.29) is 0 Å². The molecule has 88 valence electrons. The Morgan fingerprint density at radius 2 is 2.06 bits per heavy atom. The van der Waals surface area contributed by atoms with Crippen LogP contribution in [0.5, 0.6) is 0 Å². The highest BCUT2D eigenvalue weighted by atomic mass is 14.9. The van der Waals surface area contributed by atoms with Crippen molar-refractivity contribution in [3.8, 4) is 0 Å². The molecule has 1 aromatic carbocycles. The Hall–Kier alpha value is -0.820. The molecule has 1 aliphatic heterocycles. The lowest BCUT2D eigenvalue weighted by Crippen LogP contribution is -2.14. The summed E-state index contributed by atoms with van der Waals surface area (Å²) < 4.78 is 0. The first-order chi connectivity index (χ1) is 7.81. The van der Waals surface area contributed by atoms with Gasteiger partial charge in [-0.25, -0.2) is 0 Å². The molecule has 1 fully saturated rings. The molecule has 0 amide bonds. The van der Waals surface area contributed by atoms with Crippen molar-refractivity contribution >= 4 is 0 Å². The van der Waals surface area contributed by atoms with Crippen molar-refractivity contribution in [2.75, 3.05) is 13.1 Å². The molecule has 2 rings (SSSR count). The molecule has 0 spiro atoms. The van der Waals surface area contributed by atoms with Gasteiger partial charge in [-0.3, -0.25) is 0 Å². The van der Waals surface area contributed by atoms with Crippen molar-refractivity contribution in [3.63, 3.8) is 0 Å². The summed E-state index contributed by atoms with van der Waals surface area (Å²) in [4.78, 5) is 0. The van der Waals surface area contributed by atoms with Gasteiger partial charge in [-0.15, -0.1) is 0 Å². The predicted octanol–water partition coefficient (Wildman–Crippen LogP) is 3.35. The van der Waals surface area contributed by atoms with Gasteiger partial charge < -0.3 is 5.32 Å². The third-order valence-electron chi connectivity index (χ3n) is 3.85. The predicted molar refractivity (Wildman–Crippen MR) is 69.8 cm³/mol. The molecule has 1 aliphatic rings. The molecule has 1 saturated heterocycles. The van der Waals surface area contributed by atoms with Crippen LogP contribution in [0.4, 0.5) is 0 Å². The Balaban J connectivity index is 2.02. The Labute approximate surface area is 99.3 Å². The van der Waals surface area contributed by atoms with Gasteiger partial charge in [0.15, 0.2) is 0 Å². The van der Waals surface area contributed by atoms with Gasteiger partial charge in [-0.05, 0) is 48.9 Å². The maximum absolute atomic E-state index is 3.45. The zero-order valence-electron chi connectivity index (χ0n) is 10.5. The van der Waals surface area contributed by atoms with Crippen LogP contribution in [-0.2, 0) is 6.42 Å². The van der Waals surface area contributed by atoms with Gasteiger partial charge in [0.05, 0.1) is 0 Å². The van der Waals surface area contributed by atoms with Gasteiger partial charge in [-0.2, -0.15) is 0 Å². The van der Waals surface area contributed by atoms with Crippen molar-refractivity contribution in [3.05, 3.63) is 35.4 Å². The molecule has 1 N–H and O–H groups in total. The van der Waals surface area contributed by atoms with Gasteiger partial charge in [-0.1, -0.05) is 44.5 Å². The molecule has 1 heteroatoms. The van der Waals surface area contributed by atoms with Gasteiger partial charge in [0.2, 0.25) is 0 Å². The third-order valence-corrected chi connectivity index (χ3v) is 3.85. The average molecular weight is 217 g/mol. The summed E-state index contributed by atoms with van der Waals surface area (Å²) in [6, 6.07) is 9.26. The van der Waals surface area contributed by atoms with E-state index in [1.807, 2.05) is 0 Å². The largest absolute Gasteiger partial charge is 0.316 e. The summed E-state index contributed by atoms with van der Waals surface area (Å²) in [5, 5.41) is 3.45. The lowest BCUT2D eigenvalue weighted by atomic mass is 9.86. The van der Waals surface area contributed by atoms with Crippen LogP contribution in [0.15, 0.2) is 24.3 Å². The zero-order valence-corrected chi connectivity index (χ0v) is 10.5. The molecule has 0 saturated carbocycles. The molecule has 1 nitrogen and oxygen atoms in total. The van der Waals surface area contributed by atoms with Crippen molar-refractivity contribution < 1.29 is 0 Å². The summed E-state index contributed by atoms with van der Waals surface area (Å²) >= 11 is 0. The van der Waals surface area contributed by atoms with E-state index < -0.39 is 0 Å². The minimum Gasteiger partial charge on any atom is -0.316 e. The number of aryl methyl sites for hydroxylation is 1. The zero-order chi connectivity index (χ0) is 11.4. The van der Waals surface area contributed by atoms with Gasteiger partial charge >= 0.3 is 0 Å². The molecule has 1 aromatic rings. The highest BCUT2D eigenvalue weighted by Gasteiger charge is 2.22. The maximum atomic E-state index is 3.45. The van der Waals surface area contributed by atoms with Crippen LogP contribution in [0.1, 0.15) is 43.7 Å². The second-order valence-corrected chi connectivity index (χ2v) is 5.03. The van der Waals surface area contributed by atoms with E-state index in [1.54, 1.807) is 0 Å². The minimum atomic E-state index is 0.700. The number of benzene rings is 1. The van der Waals surface area contributed by atoms with Gasteiger partial charge in [0.1, 0.15) is 0 Å². The molecule has 0 aromatic heterocycles. The van der Waals surface area contributed by atoms with Crippen LogP contribution < -0.4 is 5.32 Å². The van der Waals surface area contributed by atoms with E-state index in [2.05, 4.69) is 43.4 Å². The summed E-state index contributed by atoms with van der Waals surface area (Å²) in [6.45, 7) is 6.99. The molecule has 2 unspecified atom stereocenters. The molecular formula is C15H23N. The summed E-state index contributed by atoms with van der Waals surface area (Å²) in [6.07, 6.45) is 3.78. The lowest BCUT2D eigenvalue weighted by Gasteiger charge is -2.18. The number of hydrogen-bond acceptors (Lipinski definition) is 1. The SMILES string of the molecule is CCCc1ccc(C(C)C2CCNC2)cc1. The number of rotatable bonds is 4. The Kier molecular flexibility index (Phi) is 4.00. The van der Waals surface area contributed by atoms with Crippen molar-refractivity contribution in [2.45, 2.75) is 39.0 Å². The first-order valence-electron chi connectivity index (χ1n) is 6.60. The molecule has 16 heavy (non-hydrogen) atoms. The van der Waals surface area contributed by atoms with E-state index in [0.717, 1.165) is 5.92 Å². The fraction of sp³-hybridized carbons (Fsp3) is 0.600. The summed E-state index contributed by atoms with van der Waals surface area (Å²) in [7, 11) is 0. The smallest absolute Gasteiger partial charge is 0.00143 e. The van der Waals surface area contributed by atoms with E-state index in [9.17, 15) is 0 Å². The van der Waals surface area contributed by atoms with Crippen molar-refractivity contribution in [1.29, 1.82) is 0 Å². The molecule has 0 bridgehead atoms. The Bertz CT molecular complexity index is 309. The highest BCUT2D eigenvalue weighted by molar-refractivity contribution is 5.25. The van der Waals surface area contributed by atoms with Gasteiger partial charge in [0, 0.05) is 0 Å². The fourth-order valence-electron chi connectivity index (χ4n) is 2.65. The van der Waals surface area contributed by atoms with E-state index in [0.29, 0.717) is 5.92 Å². The molecule has 0 aliphatic carbocycles. The second kappa shape index (κ2) is 5.49. The first-order valence-corrected chi connectivity index (χ1v) is 6.60. The van der Waals surface area contributed by atoms with Crippen molar-refractivity contribution in [1.82, 2.24) is 5.32 Å².